The summed E-state index contributed by atoms with van der Waals surface area (Å²) < 4.78 is 13.5. The number of nitrogens with zero attached hydrogens (tertiary/aromatic N) is 1. The van der Waals surface area contributed by atoms with Gasteiger partial charge in [-0.1, -0.05) is 17.7 Å². The van der Waals surface area contributed by atoms with Crippen LogP contribution in [0.1, 0.15) is 12.0 Å². The molecule has 0 aromatic heterocycles. The maximum atomic E-state index is 13.5. The van der Waals surface area contributed by atoms with Crippen molar-refractivity contribution in [1.29, 1.82) is 0 Å². The molecule has 0 radical (unpaired) electrons. The Morgan fingerprint density at radius 3 is 2.94 bits per heavy atom. The third kappa shape index (κ3) is 2.76. The molecule has 92 valence electrons. The monoisotopic (exact) mass is 257 g/mol. The highest BCUT2D eigenvalue weighted by Gasteiger charge is 2.25. The van der Waals surface area contributed by atoms with Crippen molar-refractivity contribution < 1.29 is 14.3 Å². The number of hydrogen-bond acceptors (Lipinski definition) is 2. The lowest BCUT2D eigenvalue weighted by atomic mass is 10.1. The first-order valence-electron chi connectivity index (χ1n) is 5.46. The Morgan fingerprint density at radius 1 is 1.59 bits per heavy atom. The molecule has 1 fully saturated rings. The Hall–Kier alpha value is -1.13. The van der Waals surface area contributed by atoms with Crippen LogP contribution in [0.15, 0.2) is 18.2 Å². The summed E-state index contributed by atoms with van der Waals surface area (Å²) in [7, 11) is 0. The summed E-state index contributed by atoms with van der Waals surface area (Å²) in [6.07, 6.45) is 0.0599. The number of rotatable bonds is 2. The van der Waals surface area contributed by atoms with Crippen LogP contribution < -0.4 is 0 Å². The SMILES string of the molecule is O=C(Cc1c(F)cccc1Cl)N1CC[C@@H](O)C1. The van der Waals surface area contributed by atoms with Gasteiger partial charge in [-0.15, -0.1) is 0 Å². The van der Waals surface area contributed by atoms with Crippen molar-refractivity contribution in [3.05, 3.63) is 34.6 Å². The first-order valence-corrected chi connectivity index (χ1v) is 5.84. The molecule has 0 aliphatic carbocycles. The molecule has 0 spiro atoms. The topological polar surface area (TPSA) is 40.5 Å². The molecule has 17 heavy (non-hydrogen) atoms. The number of carbonyl (C=O) groups excluding carboxylic acids is 1. The number of hydrogen-bond donors (Lipinski definition) is 1. The standard InChI is InChI=1S/C12H13ClFNO2/c13-10-2-1-3-11(14)9(10)6-12(17)15-5-4-8(16)7-15/h1-3,8,16H,4-7H2/t8-/m1/s1. The second kappa shape index (κ2) is 5.02. The summed E-state index contributed by atoms with van der Waals surface area (Å²) in [6, 6.07) is 4.35. The van der Waals surface area contributed by atoms with Gasteiger partial charge in [-0.2, -0.15) is 0 Å². The normalized spacial score (nSPS) is 19.7. The van der Waals surface area contributed by atoms with Gasteiger partial charge in [0.2, 0.25) is 5.91 Å². The van der Waals surface area contributed by atoms with Gasteiger partial charge in [-0.3, -0.25) is 4.79 Å². The molecule has 1 aromatic rings. The van der Waals surface area contributed by atoms with E-state index >= 15 is 0 Å². The zero-order chi connectivity index (χ0) is 12.4. The first-order chi connectivity index (χ1) is 8.08. The first kappa shape index (κ1) is 12.3. The van der Waals surface area contributed by atoms with Crippen molar-refractivity contribution in [2.24, 2.45) is 0 Å². The molecule has 0 bridgehead atoms. The summed E-state index contributed by atoms with van der Waals surface area (Å²) in [5, 5.41) is 9.59. The molecule has 1 heterocycles. The van der Waals surface area contributed by atoms with E-state index < -0.39 is 11.9 Å². The average molecular weight is 258 g/mol. The van der Waals surface area contributed by atoms with Crippen molar-refractivity contribution in [1.82, 2.24) is 4.90 Å². The van der Waals surface area contributed by atoms with Crippen LogP contribution in [0.4, 0.5) is 4.39 Å². The minimum Gasteiger partial charge on any atom is -0.391 e. The quantitative estimate of drug-likeness (QED) is 0.875. The number of likely N-dealkylation sites (tertiary alicyclic amines) is 1. The number of aliphatic hydroxyl groups excluding tert-OH is 1. The van der Waals surface area contributed by atoms with Crippen LogP contribution in [0.5, 0.6) is 0 Å². The van der Waals surface area contributed by atoms with Crippen molar-refractivity contribution in [2.75, 3.05) is 13.1 Å². The average Bonchev–Trinajstić information content (AvgIpc) is 2.70. The zero-order valence-electron chi connectivity index (χ0n) is 9.20. The van der Waals surface area contributed by atoms with Gasteiger partial charge in [-0.05, 0) is 18.6 Å². The van der Waals surface area contributed by atoms with Gasteiger partial charge in [0.25, 0.3) is 0 Å². The molecule has 2 rings (SSSR count). The Labute approximate surface area is 104 Å². The highest BCUT2D eigenvalue weighted by atomic mass is 35.5. The Bertz CT molecular complexity index is 418. The van der Waals surface area contributed by atoms with E-state index in [9.17, 15) is 14.3 Å². The number of benzene rings is 1. The Balaban J connectivity index is 2.08. The predicted octanol–water partition coefficient (Wildman–Crippen LogP) is 1.61. The summed E-state index contributed by atoms with van der Waals surface area (Å²) in [5.41, 5.74) is 0.223. The van der Waals surface area contributed by atoms with Gasteiger partial charge in [0, 0.05) is 23.7 Å². The highest BCUT2D eigenvalue weighted by molar-refractivity contribution is 6.31. The van der Waals surface area contributed by atoms with Crippen LogP contribution in [0.25, 0.3) is 0 Å². The number of β-amino-alcohol motifs (C(OH)–C–C–N with tert-alkyl or cyclic N) is 1. The number of carbonyl (C=O) groups is 1. The maximum absolute atomic E-state index is 13.5. The van der Waals surface area contributed by atoms with Crippen LogP contribution >= 0.6 is 11.6 Å². The third-order valence-electron chi connectivity index (χ3n) is 2.91. The lowest BCUT2D eigenvalue weighted by Crippen LogP contribution is -2.31. The van der Waals surface area contributed by atoms with Crippen LogP contribution in [-0.4, -0.2) is 35.1 Å². The fourth-order valence-electron chi connectivity index (χ4n) is 1.93. The molecule has 1 N–H and O–H groups in total. The van der Waals surface area contributed by atoms with Gasteiger partial charge in [0.05, 0.1) is 12.5 Å². The number of halogens is 2. The third-order valence-corrected chi connectivity index (χ3v) is 3.26. The van der Waals surface area contributed by atoms with Gasteiger partial charge >= 0.3 is 0 Å². The number of amides is 1. The molecule has 1 amide bonds. The minimum absolute atomic E-state index is 0.0573. The van der Waals surface area contributed by atoms with Crippen molar-refractivity contribution in [3.63, 3.8) is 0 Å². The zero-order valence-corrected chi connectivity index (χ0v) is 9.95. The lowest BCUT2D eigenvalue weighted by molar-refractivity contribution is -0.129. The summed E-state index contributed by atoms with van der Waals surface area (Å²) in [5.74, 6) is -0.667. The van der Waals surface area contributed by atoms with Crippen LogP contribution in [-0.2, 0) is 11.2 Å². The molecule has 1 aromatic carbocycles. The molecule has 5 heteroatoms. The van der Waals surface area contributed by atoms with E-state index in [2.05, 4.69) is 0 Å². The largest absolute Gasteiger partial charge is 0.391 e. The maximum Gasteiger partial charge on any atom is 0.227 e. The predicted molar refractivity (Wildman–Crippen MR) is 62.3 cm³/mol. The molecule has 1 aliphatic rings. The van der Waals surface area contributed by atoms with Crippen molar-refractivity contribution >= 4 is 17.5 Å². The van der Waals surface area contributed by atoms with Gasteiger partial charge in [0.15, 0.2) is 0 Å². The summed E-state index contributed by atoms with van der Waals surface area (Å²) in [4.78, 5) is 13.4. The second-order valence-electron chi connectivity index (χ2n) is 4.16. The van der Waals surface area contributed by atoms with E-state index in [1.165, 1.54) is 17.0 Å². The fraction of sp³-hybridized carbons (Fsp3) is 0.417. The van der Waals surface area contributed by atoms with Gasteiger partial charge in [-0.25, -0.2) is 4.39 Å². The van der Waals surface area contributed by atoms with E-state index in [1.807, 2.05) is 0 Å². The molecule has 3 nitrogen and oxygen atoms in total. The summed E-state index contributed by atoms with van der Waals surface area (Å²) >= 11 is 5.85. The Kier molecular flexibility index (Phi) is 3.64. The van der Waals surface area contributed by atoms with Crippen molar-refractivity contribution in [2.45, 2.75) is 18.9 Å². The van der Waals surface area contributed by atoms with E-state index in [1.54, 1.807) is 6.07 Å². The van der Waals surface area contributed by atoms with Crippen LogP contribution in [0.3, 0.4) is 0 Å². The Morgan fingerprint density at radius 2 is 2.35 bits per heavy atom. The fourth-order valence-corrected chi connectivity index (χ4v) is 2.16. The molecule has 1 atom stereocenters. The molecule has 1 aliphatic heterocycles. The van der Waals surface area contributed by atoms with Crippen LogP contribution in [0, 0.1) is 5.82 Å². The van der Waals surface area contributed by atoms with E-state index in [0.29, 0.717) is 19.5 Å². The van der Waals surface area contributed by atoms with Gasteiger partial charge < -0.3 is 10.0 Å². The lowest BCUT2D eigenvalue weighted by Gasteiger charge is -2.16. The second-order valence-corrected chi connectivity index (χ2v) is 4.57. The minimum atomic E-state index is -0.467. The van der Waals surface area contributed by atoms with Gasteiger partial charge in [0.1, 0.15) is 5.82 Å². The molecule has 0 unspecified atom stereocenters. The molecular weight excluding hydrogens is 245 g/mol. The smallest absolute Gasteiger partial charge is 0.227 e. The van der Waals surface area contributed by atoms with E-state index in [-0.39, 0.29) is 22.9 Å². The van der Waals surface area contributed by atoms with E-state index in [4.69, 9.17) is 11.6 Å². The highest BCUT2D eigenvalue weighted by Crippen LogP contribution is 2.21. The van der Waals surface area contributed by atoms with Crippen LogP contribution in [0.2, 0.25) is 5.02 Å². The van der Waals surface area contributed by atoms with Crippen molar-refractivity contribution in [3.8, 4) is 0 Å². The number of aliphatic hydroxyl groups is 1. The molecule has 0 saturated carbocycles. The molecular formula is C12H13ClFNO2. The molecule has 1 saturated heterocycles. The van der Waals surface area contributed by atoms with E-state index in [0.717, 1.165) is 0 Å². The summed E-state index contributed by atoms with van der Waals surface area (Å²) in [6.45, 7) is 0.844.